The lowest BCUT2D eigenvalue weighted by atomic mass is 10.2. The minimum absolute atomic E-state index is 0.0383. The number of aromatic nitrogens is 2. The Hall–Kier alpha value is -1.77. The summed E-state index contributed by atoms with van der Waals surface area (Å²) < 4.78 is 0.988. The van der Waals surface area contributed by atoms with E-state index >= 15 is 0 Å². The summed E-state index contributed by atoms with van der Waals surface area (Å²) in [5.74, 6) is -0.909. The lowest BCUT2D eigenvalue weighted by Gasteiger charge is -1.97. The average molecular weight is 396 g/mol. The Bertz CT molecular complexity index is 968. The number of hydrogen-bond acceptors (Lipinski definition) is 6. The largest absolute Gasteiger partial charge is 0.544 e. The van der Waals surface area contributed by atoms with Crippen LogP contribution in [0.1, 0.15) is 25.9 Å². The first-order valence-corrected chi connectivity index (χ1v) is 8.61. The molecule has 0 aliphatic heterocycles. The number of carboxylic acids is 1. The quantitative estimate of drug-likeness (QED) is 0.738. The molecule has 3 aromatic heterocycles. The van der Waals surface area contributed by atoms with Gasteiger partial charge in [0.05, 0.1) is 16.2 Å². The summed E-state index contributed by atoms with van der Waals surface area (Å²) >= 11 is 5.87. The second-order valence-electron chi connectivity index (χ2n) is 4.48. The molecule has 0 saturated heterocycles. The standard InChI is InChI=1S/C14H9BrN2O3S2/c1-6-10-12(18)16-9(3-2-8-4-7(15)5-21-8)17-13(10)22-11(6)14(19)20/h2-5H,1H3,(H,19,20)(H,16,17,18)/p-1/b3-2+. The molecular formula is C14H8BrN2O3S2-. The molecule has 0 saturated carbocycles. The summed E-state index contributed by atoms with van der Waals surface area (Å²) in [4.78, 5) is 31.6. The van der Waals surface area contributed by atoms with E-state index in [2.05, 4.69) is 25.9 Å². The van der Waals surface area contributed by atoms with E-state index in [9.17, 15) is 14.7 Å². The lowest BCUT2D eigenvalue weighted by molar-refractivity contribution is -0.254. The molecule has 0 amide bonds. The number of rotatable bonds is 3. The number of carbonyl (C=O) groups is 1. The Kier molecular flexibility index (Phi) is 3.98. The molecule has 0 aliphatic rings. The minimum Gasteiger partial charge on any atom is -0.544 e. The van der Waals surface area contributed by atoms with E-state index in [1.807, 2.05) is 17.5 Å². The highest BCUT2D eigenvalue weighted by Crippen LogP contribution is 2.26. The van der Waals surface area contributed by atoms with Crippen molar-refractivity contribution in [2.45, 2.75) is 6.92 Å². The Balaban J connectivity index is 2.07. The van der Waals surface area contributed by atoms with Crippen molar-refractivity contribution in [3.63, 3.8) is 0 Å². The highest BCUT2D eigenvalue weighted by molar-refractivity contribution is 9.10. The number of carbonyl (C=O) groups excluding carboxylic acids is 1. The van der Waals surface area contributed by atoms with E-state index in [4.69, 9.17) is 0 Å². The van der Waals surface area contributed by atoms with Crippen LogP contribution in [0.3, 0.4) is 0 Å². The molecule has 0 aromatic carbocycles. The first-order chi connectivity index (χ1) is 10.5. The van der Waals surface area contributed by atoms with Crippen LogP contribution in [0, 0.1) is 6.92 Å². The molecule has 0 fully saturated rings. The van der Waals surface area contributed by atoms with Crippen LogP contribution in [0.25, 0.3) is 22.4 Å². The van der Waals surface area contributed by atoms with Gasteiger partial charge in [0, 0.05) is 14.7 Å². The van der Waals surface area contributed by atoms with Crippen molar-refractivity contribution in [2.75, 3.05) is 0 Å². The van der Waals surface area contributed by atoms with E-state index < -0.39 is 5.97 Å². The van der Waals surface area contributed by atoms with Gasteiger partial charge in [0.2, 0.25) is 0 Å². The number of nitrogens with one attached hydrogen (secondary N) is 1. The number of aromatic amines is 1. The van der Waals surface area contributed by atoms with Gasteiger partial charge >= 0.3 is 0 Å². The molecule has 112 valence electrons. The van der Waals surface area contributed by atoms with Crippen molar-refractivity contribution in [1.29, 1.82) is 0 Å². The number of thiophene rings is 2. The van der Waals surface area contributed by atoms with Gasteiger partial charge in [0.25, 0.3) is 5.56 Å². The SMILES string of the molecule is Cc1c(C(=O)[O-])sc2nc(/C=C/c3cc(Br)cs3)[nH]c(=O)c12. The van der Waals surface area contributed by atoms with Crippen molar-refractivity contribution in [2.24, 2.45) is 0 Å². The highest BCUT2D eigenvalue weighted by Gasteiger charge is 2.14. The zero-order valence-electron chi connectivity index (χ0n) is 11.2. The van der Waals surface area contributed by atoms with E-state index in [0.29, 0.717) is 21.6 Å². The van der Waals surface area contributed by atoms with E-state index in [0.717, 1.165) is 20.7 Å². The maximum absolute atomic E-state index is 12.1. The van der Waals surface area contributed by atoms with Gasteiger partial charge in [-0.1, -0.05) is 0 Å². The van der Waals surface area contributed by atoms with Crippen LogP contribution in [0.5, 0.6) is 0 Å². The number of aryl methyl sites for hydroxylation is 1. The second-order valence-corrected chi connectivity index (χ2v) is 7.33. The molecule has 0 radical (unpaired) electrons. The third kappa shape index (κ3) is 2.77. The van der Waals surface area contributed by atoms with E-state index in [1.54, 1.807) is 24.3 Å². The number of halogens is 1. The Morgan fingerprint density at radius 1 is 1.45 bits per heavy atom. The van der Waals surface area contributed by atoms with Crippen molar-refractivity contribution in [1.82, 2.24) is 9.97 Å². The first-order valence-electron chi connectivity index (χ1n) is 6.12. The number of fused-ring (bicyclic) bond motifs is 1. The molecule has 8 heteroatoms. The normalized spacial score (nSPS) is 11.5. The van der Waals surface area contributed by atoms with Crippen LogP contribution >= 0.6 is 38.6 Å². The number of H-pyrrole nitrogens is 1. The van der Waals surface area contributed by atoms with Crippen LogP contribution in [-0.2, 0) is 0 Å². The molecule has 3 rings (SSSR count). The molecule has 0 unspecified atom stereocenters. The molecule has 1 N–H and O–H groups in total. The van der Waals surface area contributed by atoms with E-state index in [1.165, 1.54) is 0 Å². The van der Waals surface area contributed by atoms with Crippen LogP contribution in [0.2, 0.25) is 0 Å². The van der Waals surface area contributed by atoms with Gasteiger partial charge in [-0.15, -0.1) is 22.7 Å². The average Bonchev–Trinajstić information content (AvgIpc) is 3.01. The lowest BCUT2D eigenvalue weighted by Crippen LogP contribution is -2.21. The summed E-state index contributed by atoms with van der Waals surface area (Å²) in [6, 6.07) is 1.95. The first kappa shape index (κ1) is 15.1. The van der Waals surface area contributed by atoms with Crippen LogP contribution in [0.15, 0.2) is 20.7 Å². The summed E-state index contributed by atoms with van der Waals surface area (Å²) in [5.41, 5.74) is 0.0460. The zero-order valence-corrected chi connectivity index (χ0v) is 14.4. The van der Waals surface area contributed by atoms with Crippen LogP contribution < -0.4 is 10.7 Å². The summed E-state index contributed by atoms with van der Waals surface area (Å²) in [6.45, 7) is 1.58. The summed E-state index contributed by atoms with van der Waals surface area (Å²) in [6.07, 6.45) is 3.52. The van der Waals surface area contributed by atoms with Gasteiger partial charge in [-0.3, -0.25) is 4.79 Å². The predicted molar refractivity (Wildman–Crippen MR) is 90.3 cm³/mol. The van der Waals surface area contributed by atoms with Crippen LogP contribution in [0.4, 0.5) is 0 Å². The van der Waals surface area contributed by atoms with Crippen molar-refractivity contribution < 1.29 is 9.90 Å². The summed E-state index contributed by atoms with van der Waals surface area (Å²) in [7, 11) is 0. The molecule has 3 aromatic rings. The highest BCUT2D eigenvalue weighted by atomic mass is 79.9. The molecule has 0 spiro atoms. The smallest absolute Gasteiger partial charge is 0.260 e. The fraction of sp³-hybridized carbons (Fsp3) is 0.0714. The molecule has 0 atom stereocenters. The van der Waals surface area contributed by atoms with Gasteiger partial charge in [0.1, 0.15) is 10.7 Å². The van der Waals surface area contributed by atoms with Crippen LogP contribution in [-0.4, -0.2) is 15.9 Å². The number of carboxylic acid groups (broad SMARTS) is 1. The Morgan fingerprint density at radius 3 is 2.86 bits per heavy atom. The maximum Gasteiger partial charge on any atom is 0.260 e. The number of aromatic carboxylic acids is 1. The third-order valence-electron chi connectivity index (χ3n) is 3.00. The molecular weight excluding hydrogens is 388 g/mol. The van der Waals surface area contributed by atoms with Gasteiger partial charge < -0.3 is 14.9 Å². The topological polar surface area (TPSA) is 85.9 Å². The number of nitrogens with zero attached hydrogens (tertiary/aromatic N) is 1. The van der Waals surface area contributed by atoms with Crippen molar-refractivity contribution in [3.05, 3.63) is 47.4 Å². The monoisotopic (exact) mass is 395 g/mol. The second kappa shape index (κ2) is 5.79. The fourth-order valence-corrected chi connectivity index (χ4v) is 4.37. The van der Waals surface area contributed by atoms with Gasteiger partial charge in [0.15, 0.2) is 0 Å². The molecule has 0 aliphatic carbocycles. The molecule has 0 bridgehead atoms. The Labute approximate surface area is 141 Å². The maximum atomic E-state index is 12.1. The number of hydrogen-bond donors (Lipinski definition) is 1. The third-order valence-corrected chi connectivity index (χ3v) is 5.82. The fourth-order valence-electron chi connectivity index (χ4n) is 2.01. The minimum atomic E-state index is -1.29. The van der Waals surface area contributed by atoms with Gasteiger partial charge in [-0.05, 0) is 46.6 Å². The van der Waals surface area contributed by atoms with Gasteiger partial charge in [-0.25, -0.2) is 4.98 Å². The summed E-state index contributed by atoms with van der Waals surface area (Å²) in [5, 5.41) is 13.3. The molecule has 5 nitrogen and oxygen atoms in total. The molecule has 3 heterocycles. The Morgan fingerprint density at radius 2 is 2.23 bits per heavy atom. The van der Waals surface area contributed by atoms with Crippen molar-refractivity contribution in [3.8, 4) is 0 Å². The van der Waals surface area contributed by atoms with E-state index in [-0.39, 0.29) is 10.4 Å². The van der Waals surface area contributed by atoms with Crippen molar-refractivity contribution >= 4 is 66.9 Å². The zero-order chi connectivity index (χ0) is 15.9. The predicted octanol–water partition coefficient (Wildman–Crippen LogP) is 2.65. The van der Waals surface area contributed by atoms with Gasteiger partial charge in [-0.2, -0.15) is 0 Å². The molecule has 22 heavy (non-hydrogen) atoms.